The topological polar surface area (TPSA) is 46.0 Å². The second-order valence-corrected chi connectivity index (χ2v) is 4.73. The van der Waals surface area contributed by atoms with E-state index >= 15 is 0 Å². The molecule has 0 bridgehead atoms. The Labute approximate surface area is 120 Å². The SMILES string of the molecule is CCN(CC)CCn1cc(NCc2cccnc2)cn1. The summed E-state index contributed by atoms with van der Waals surface area (Å²) in [6.07, 6.45) is 7.59. The fraction of sp³-hybridized carbons (Fsp3) is 0.467. The van der Waals surface area contributed by atoms with Gasteiger partial charge in [0.15, 0.2) is 0 Å². The number of hydrogen-bond acceptors (Lipinski definition) is 4. The molecule has 2 aromatic rings. The Hall–Kier alpha value is -1.88. The Morgan fingerprint density at radius 1 is 1.25 bits per heavy atom. The molecule has 20 heavy (non-hydrogen) atoms. The molecule has 2 heterocycles. The molecule has 2 aromatic heterocycles. The van der Waals surface area contributed by atoms with Crippen LogP contribution in [-0.2, 0) is 13.1 Å². The fourth-order valence-electron chi connectivity index (χ4n) is 2.07. The number of aromatic nitrogens is 3. The van der Waals surface area contributed by atoms with Gasteiger partial charge in [-0.15, -0.1) is 0 Å². The third-order valence-corrected chi connectivity index (χ3v) is 3.39. The highest BCUT2D eigenvalue weighted by Crippen LogP contribution is 2.07. The summed E-state index contributed by atoms with van der Waals surface area (Å²) in [4.78, 5) is 6.50. The molecule has 0 saturated heterocycles. The van der Waals surface area contributed by atoms with Gasteiger partial charge in [-0.25, -0.2) is 0 Å². The summed E-state index contributed by atoms with van der Waals surface area (Å²) in [5, 5.41) is 7.74. The van der Waals surface area contributed by atoms with Crippen molar-refractivity contribution in [1.29, 1.82) is 0 Å². The van der Waals surface area contributed by atoms with Crippen molar-refractivity contribution in [1.82, 2.24) is 19.7 Å². The highest BCUT2D eigenvalue weighted by Gasteiger charge is 2.02. The van der Waals surface area contributed by atoms with Crippen LogP contribution in [0.1, 0.15) is 19.4 Å². The van der Waals surface area contributed by atoms with E-state index in [9.17, 15) is 0 Å². The Morgan fingerprint density at radius 2 is 2.10 bits per heavy atom. The summed E-state index contributed by atoms with van der Waals surface area (Å²) >= 11 is 0. The molecule has 5 heteroatoms. The smallest absolute Gasteiger partial charge is 0.0729 e. The molecule has 0 aliphatic carbocycles. The van der Waals surface area contributed by atoms with E-state index in [1.165, 1.54) is 5.56 Å². The van der Waals surface area contributed by atoms with E-state index in [4.69, 9.17) is 0 Å². The van der Waals surface area contributed by atoms with Gasteiger partial charge in [-0.2, -0.15) is 5.10 Å². The normalized spacial score (nSPS) is 10.9. The van der Waals surface area contributed by atoms with Crippen LogP contribution in [-0.4, -0.2) is 39.3 Å². The first-order valence-corrected chi connectivity index (χ1v) is 7.19. The van der Waals surface area contributed by atoms with E-state index in [2.05, 4.69) is 46.4 Å². The molecule has 108 valence electrons. The van der Waals surface area contributed by atoms with E-state index in [1.54, 1.807) is 6.20 Å². The van der Waals surface area contributed by atoms with Crippen LogP contribution in [0.5, 0.6) is 0 Å². The summed E-state index contributed by atoms with van der Waals surface area (Å²) in [5.74, 6) is 0. The van der Waals surface area contributed by atoms with Crippen molar-refractivity contribution in [3.63, 3.8) is 0 Å². The highest BCUT2D eigenvalue weighted by atomic mass is 15.3. The number of hydrogen-bond donors (Lipinski definition) is 1. The summed E-state index contributed by atoms with van der Waals surface area (Å²) in [5.41, 5.74) is 2.22. The molecule has 0 aliphatic rings. The monoisotopic (exact) mass is 273 g/mol. The van der Waals surface area contributed by atoms with Crippen molar-refractivity contribution >= 4 is 5.69 Å². The molecular weight excluding hydrogens is 250 g/mol. The number of nitrogens with zero attached hydrogens (tertiary/aromatic N) is 4. The lowest BCUT2D eigenvalue weighted by Gasteiger charge is -2.17. The summed E-state index contributed by atoms with van der Waals surface area (Å²) < 4.78 is 1.99. The van der Waals surface area contributed by atoms with Crippen molar-refractivity contribution in [3.8, 4) is 0 Å². The Bertz CT molecular complexity index is 490. The molecule has 1 N–H and O–H groups in total. The molecule has 0 radical (unpaired) electrons. The maximum atomic E-state index is 4.38. The highest BCUT2D eigenvalue weighted by molar-refractivity contribution is 5.38. The van der Waals surface area contributed by atoms with Gasteiger partial charge in [-0.1, -0.05) is 19.9 Å². The zero-order valence-electron chi connectivity index (χ0n) is 12.3. The zero-order valence-corrected chi connectivity index (χ0v) is 12.3. The van der Waals surface area contributed by atoms with Crippen molar-refractivity contribution in [2.24, 2.45) is 0 Å². The Kier molecular flexibility index (Phi) is 5.55. The molecule has 0 fully saturated rings. The van der Waals surface area contributed by atoms with Crippen molar-refractivity contribution in [2.75, 3.05) is 25.0 Å². The second kappa shape index (κ2) is 7.65. The molecule has 0 spiro atoms. The van der Waals surface area contributed by atoms with E-state index < -0.39 is 0 Å². The first-order chi connectivity index (χ1) is 9.81. The lowest BCUT2D eigenvalue weighted by Crippen LogP contribution is -2.27. The third-order valence-electron chi connectivity index (χ3n) is 3.39. The van der Waals surface area contributed by atoms with Crippen molar-refractivity contribution in [3.05, 3.63) is 42.5 Å². The zero-order chi connectivity index (χ0) is 14.2. The van der Waals surface area contributed by atoms with Crippen LogP contribution in [0.4, 0.5) is 5.69 Å². The molecule has 0 atom stereocenters. The standard InChI is InChI=1S/C15H23N5/c1-3-19(4-2)8-9-20-13-15(12-18-20)17-11-14-6-5-7-16-10-14/h5-7,10,12-13,17H,3-4,8-9,11H2,1-2H3. The number of rotatable bonds is 8. The van der Waals surface area contributed by atoms with Gasteiger partial charge in [-0.05, 0) is 24.7 Å². The molecule has 5 nitrogen and oxygen atoms in total. The lowest BCUT2D eigenvalue weighted by molar-refractivity contribution is 0.285. The van der Waals surface area contributed by atoms with Crippen LogP contribution in [0.15, 0.2) is 36.9 Å². The van der Waals surface area contributed by atoms with Crippen molar-refractivity contribution in [2.45, 2.75) is 26.9 Å². The second-order valence-electron chi connectivity index (χ2n) is 4.73. The van der Waals surface area contributed by atoms with Gasteiger partial charge in [0.05, 0.1) is 18.4 Å². The predicted molar refractivity (Wildman–Crippen MR) is 81.6 cm³/mol. The first-order valence-electron chi connectivity index (χ1n) is 7.19. The third kappa shape index (κ3) is 4.35. The summed E-state index contributed by atoms with van der Waals surface area (Å²) in [6.45, 7) is 9.29. The Morgan fingerprint density at radius 3 is 2.80 bits per heavy atom. The van der Waals surface area contributed by atoms with Crippen LogP contribution < -0.4 is 5.32 Å². The molecule has 0 unspecified atom stereocenters. The maximum Gasteiger partial charge on any atom is 0.0729 e. The lowest BCUT2D eigenvalue weighted by atomic mass is 10.3. The van der Waals surface area contributed by atoms with Gasteiger partial charge in [0.1, 0.15) is 0 Å². The molecular formula is C15H23N5. The minimum absolute atomic E-state index is 0.773. The van der Waals surface area contributed by atoms with Gasteiger partial charge in [0.2, 0.25) is 0 Å². The first kappa shape index (κ1) is 14.5. The fourth-order valence-corrected chi connectivity index (χ4v) is 2.07. The maximum absolute atomic E-state index is 4.38. The molecule has 2 rings (SSSR count). The summed E-state index contributed by atoms with van der Waals surface area (Å²) in [6, 6.07) is 4.01. The average Bonchev–Trinajstić information content (AvgIpc) is 2.95. The van der Waals surface area contributed by atoms with Crippen LogP contribution in [0.3, 0.4) is 0 Å². The van der Waals surface area contributed by atoms with E-state index in [0.29, 0.717) is 0 Å². The number of likely N-dealkylation sites (N-methyl/N-ethyl adjacent to an activating group) is 1. The largest absolute Gasteiger partial charge is 0.378 e. The minimum atomic E-state index is 0.773. The van der Waals surface area contributed by atoms with Crippen LogP contribution in [0, 0.1) is 0 Å². The summed E-state index contributed by atoms with van der Waals surface area (Å²) in [7, 11) is 0. The Balaban J connectivity index is 1.80. The number of nitrogens with one attached hydrogen (secondary N) is 1. The van der Waals surface area contributed by atoms with Crippen LogP contribution in [0.25, 0.3) is 0 Å². The van der Waals surface area contributed by atoms with Gasteiger partial charge in [0, 0.05) is 31.7 Å². The van der Waals surface area contributed by atoms with E-state index in [1.807, 2.05) is 23.1 Å². The minimum Gasteiger partial charge on any atom is -0.378 e. The van der Waals surface area contributed by atoms with Crippen molar-refractivity contribution < 1.29 is 0 Å². The van der Waals surface area contributed by atoms with Gasteiger partial charge in [0.25, 0.3) is 0 Å². The average molecular weight is 273 g/mol. The number of anilines is 1. The number of pyridine rings is 1. The van der Waals surface area contributed by atoms with E-state index in [0.717, 1.165) is 38.4 Å². The molecule has 0 amide bonds. The quantitative estimate of drug-likeness (QED) is 0.801. The van der Waals surface area contributed by atoms with Gasteiger partial charge < -0.3 is 10.2 Å². The molecule has 0 aromatic carbocycles. The van der Waals surface area contributed by atoms with E-state index in [-0.39, 0.29) is 0 Å². The van der Waals surface area contributed by atoms with Gasteiger partial charge in [-0.3, -0.25) is 9.67 Å². The molecule has 0 aliphatic heterocycles. The molecule has 0 saturated carbocycles. The van der Waals surface area contributed by atoms with Crippen LogP contribution >= 0.6 is 0 Å². The predicted octanol–water partition coefficient (Wildman–Crippen LogP) is 2.23. The van der Waals surface area contributed by atoms with Gasteiger partial charge >= 0.3 is 0 Å². The van der Waals surface area contributed by atoms with Crippen LogP contribution in [0.2, 0.25) is 0 Å².